The highest BCUT2D eigenvalue weighted by Crippen LogP contribution is 2.24. The van der Waals surface area contributed by atoms with Crippen molar-refractivity contribution in [2.24, 2.45) is 0 Å². The smallest absolute Gasteiger partial charge is 0.335 e. The molecule has 0 saturated carbocycles. The molecule has 2 aromatic carbocycles. The van der Waals surface area contributed by atoms with Crippen LogP contribution in [0.25, 0.3) is 0 Å². The van der Waals surface area contributed by atoms with Crippen LogP contribution in [0.1, 0.15) is 35.3 Å². The standard InChI is InChI=1S/C19H23NO3/c1-19(2,16-7-9-17(23-3)10-8-16)13-20-12-14-5-4-6-15(11-14)18(21)22/h4-11,20H,12-13H2,1-3H3,(H,21,22). The number of carboxylic acids is 1. The van der Waals surface area contributed by atoms with E-state index in [0.29, 0.717) is 12.1 Å². The van der Waals surface area contributed by atoms with E-state index in [0.717, 1.165) is 17.9 Å². The van der Waals surface area contributed by atoms with Crippen LogP contribution in [0.5, 0.6) is 5.75 Å². The molecule has 0 atom stereocenters. The maximum absolute atomic E-state index is 11.0. The van der Waals surface area contributed by atoms with Crippen molar-refractivity contribution in [3.8, 4) is 5.75 Å². The summed E-state index contributed by atoms with van der Waals surface area (Å²) in [6.07, 6.45) is 0. The summed E-state index contributed by atoms with van der Waals surface area (Å²) in [5.41, 5.74) is 2.48. The minimum absolute atomic E-state index is 0.0311. The fourth-order valence-corrected chi connectivity index (χ4v) is 2.48. The molecule has 0 fully saturated rings. The van der Waals surface area contributed by atoms with E-state index in [-0.39, 0.29) is 5.41 Å². The molecule has 122 valence electrons. The summed E-state index contributed by atoms with van der Waals surface area (Å²) in [4.78, 5) is 11.0. The summed E-state index contributed by atoms with van der Waals surface area (Å²) in [6.45, 7) is 5.78. The van der Waals surface area contributed by atoms with Crippen molar-refractivity contribution < 1.29 is 14.6 Å². The fourth-order valence-electron chi connectivity index (χ4n) is 2.48. The lowest BCUT2D eigenvalue weighted by molar-refractivity contribution is 0.0696. The second kappa shape index (κ2) is 7.29. The van der Waals surface area contributed by atoms with Crippen LogP contribution in [0.4, 0.5) is 0 Å². The molecular weight excluding hydrogens is 290 g/mol. The topological polar surface area (TPSA) is 58.6 Å². The Hall–Kier alpha value is -2.33. The van der Waals surface area contributed by atoms with Gasteiger partial charge in [0, 0.05) is 18.5 Å². The number of benzene rings is 2. The third kappa shape index (κ3) is 4.57. The van der Waals surface area contributed by atoms with Gasteiger partial charge in [-0.25, -0.2) is 4.79 Å². The molecule has 0 aliphatic heterocycles. The quantitative estimate of drug-likeness (QED) is 0.822. The largest absolute Gasteiger partial charge is 0.497 e. The summed E-state index contributed by atoms with van der Waals surface area (Å²) < 4.78 is 5.19. The van der Waals surface area contributed by atoms with Gasteiger partial charge in [0.15, 0.2) is 0 Å². The van der Waals surface area contributed by atoms with E-state index in [1.54, 1.807) is 25.3 Å². The van der Waals surface area contributed by atoms with Crippen LogP contribution in [-0.2, 0) is 12.0 Å². The van der Waals surface area contributed by atoms with Crippen LogP contribution in [0, 0.1) is 0 Å². The third-order valence-corrected chi connectivity index (χ3v) is 3.94. The van der Waals surface area contributed by atoms with E-state index in [2.05, 4.69) is 31.3 Å². The molecule has 2 aromatic rings. The predicted octanol–water partition coefficient (Wildman–Crippen LogP) is 3.46. The first-order valence-electron chi connectivity index (χ1n) is 7.60. The van der Waals surface area contributed by atoms with Crippen LogP contribution < -0.4 is 10.1 Å². The van der Waals surface area contributed by atoms with Gasteiger partial charge in [0.1, 0.15) is 5.75 Å². The average molecular weight is 313 g/mol. The first kappa shape index (κ1) is 17.0. The molecule has 23 heavy (non-hydrogen) atoms. The molecule has 0 spiro atoms. The molecule has 0 bridgehead atoms. The lowest BCUT2D eigenvalue weighted by Crippen LogP contribution is -2.32. The van der Waals surface area contributed by atoms with Gasteiger partial charge >= 0.3 is 5.97 Å². The Kier molecular flexibility index (Phi) is 5.40. The number of methoxy groups -OCH3 is 1. The molecule has 0 radical (unpaired) electrons. The Labute approximate surface area is 137 Å². The summed E-state index contributed by atoms with van der Waals surface area (Å²) in [5, 5.41) is 12.4. The maximum Gasteiger partial charge on any atom is 0.335 e. The van der Waals surface area contributed by atoms with E-state index in [9.17, 15) is 4.79 Å². The van der Waals surface area contributed by atoms with Crippen molar-refractivity contribution in [1.82, 2.24) is 5.32 Å². The lowest BCUT2D eigenvalue weighted by atomic mass is 9.84. The number of carboxylic acid groups (broad SMARTS) is 1. The summed E-state index contributed by atoms with van der Waals surface area (Å²) in [5.74, 6) is -0.0478. The summed E-state index contributed by atoms with van der Waals surface area (Å²) in [7, 11) is 1.66. The predicted molar refractivity (Wildman–Crippen MR) is 91.1 cm³/mol. The molecule has 0 aliphatic carbocycles. The average Bonchev–Trinajstić information content (AvgIpc) is 2.55. The van der Waals surface area contributed by atoms with E-state index < -0.39 is 5.97 Å². The SMILES string of the molecule is COc1ccc(C(C)(C)CNCc2cccc(C(=O)O)c2)cc1. The number of hydrogen-bond acceptors (Lipinski definition) is 3. The second-order valence-electron chi connectivity index (χ2n) is 6.22. The van der Waals surface area contributed by atoms with Crippen LogP contribution >= 0.6 is 0 Å². The molecule has 0 amide bonds. The Bertz CT molecular complexity index is 663. The number of aromatic carboxylic acids is 1. The van der Waals surface area contributed by atoms with E-state index in [1.165, 1.54) is 5.56 Å². The van der Waals surface area contributed by atoms with Gasteiger partial charge in [-0.2, -0.15) is 0 Å². The maximum atomic E-state index is 11.0. The van der Waals surface area contributed by atoms with Crippen molar-refractivity contribution in [3.05, 3.63) is 65.2 Å². The summed E-state index contributed by atoms with van der Waals surface area (Å²) in [6, 6.07) is 15.1. The first-order valence-corrected chi connectivity index (χ1v) is 7.60. The van der Waals surface area contributed by atoms with Gasteiger partial charge in [-0.15, -0.1) is 0 Å². The van der Waals surface area contributed by atoms with Gasteiger partial charge in [0.05, 0.1) is 12.7 Å². The van der Waals surface area contributed by atoms with E-state index in [1.807, 2.05) is 18.2 Å². The molecule has 0 aliphatic rings. The zero-order chi connectivity index (χ0) is 16.9. The third-order valence-electron chi connectivity index (χ3n) is 3.94. The number of nitrogens with one attached hydrogen (secondary N) is 1. The second-order valence-corrected chi connectivity index (χ2v) is 6.22. The molecule has 2 rings (SSSR count). The van der Waals surface area contributed by atoms with Gasteiger partial charge in [-0.05, 0) is 35.4 Å². The lowest BCUT2D eigenvalue weighted by Gasteiger charge is -2.26. The van der Waals surface area contributed by atoms with Gasteiger partial charge in [-0.3, -0.25) is 0 Å². The van der Waals surface area contributed by atoms with Crippen LogP contribution in [0.3, 0.4) is 0 Å². The Morgan fingerprint density at radius 3 is 2.48 bits per heavy atom. The number of hydrogen-bond donors (Lipinski definition) is 2. The minimum atomic E-state index is -0.898. The van der Waals surface area contributed by atoms with Crippen molar-refractivity contribution in [2.75, 3.05) is 13.7 Å². The first-order chi connectivity index (χ1) is 10.9. The van der Waals surface area contributed by atoms with E-state index in [4.69, 9.17) is 9.84 Å². The van der Waals surface area contributed by atoms with Crippen LogP contribution in [-0.4, -0.2) is 24.7 Å². The van der Waals surface area contributed by atoms with Gasteiger partial charge in [0.2, 0.25) is 0 Å². The Morgan fingerprint density at radius 2 is 1.87 bits per heavy atom. The number of ether oxygens (including phenoxy) is 1. The summed E-state index contributed by atoms with van der Waals surface area (Å²) >= 11 is 0. The Balaban J connectivity index is 1.96. The van der Waals surface area contributed by atoms with Crippen LogP contribution in [0.2, 0.25) is 0 Å². The van der Waals surface area contributed by atoms with Crippen molar-refractivity contribution in [2.45, 2.75) is 25.8 Å². The van der Waals surface area contributed by atoms with Crippen molar-refractivity contribution in [1.29, 1.82) is 0 Å². The Morgan fingerprint density at radius 1 is 1.17 bits per heavy atom. The molecule has 4 heteroatoms. The van der Waals surface area contributed by atoms with Crippen molar-refractivity contribution >= 4 is 5.97 Å². The molecule has 0 aromatic heterocycles. The highest BCUT2D eigenvalue weighted by Gasteiger charge is 2.20. The molecule has 0 unspecified atom stereocenters. The minimum Gasteiger partial charge on any atom is -0.497 e. The fraction of sp³-hybridized carbons (Fsp3) is 0.316. The van der Waals surface area contributed by atoms with E-state index >= 15 is 0 Å². The molecular formula is C19H23NO3. The van der Waals surface area contributed by atoms with Gasteiger partial charge < -0.3 is 15.2 Å². The van der Waals surface area contributed by atoms with Crippen LogP contribution in [0.15, 0.2) is 48.5 Å². The normalized spacial score (nSPS) is 11.3. The highest BCUT2D eigenvalue weighted by atomic mass is 16.5. The highest BCUT2D eigenvalue weighted by molar-refractivity contribution is 5.87. The number of rotatable bonds is 7. The molecule has 2 N–H and O–H groups in total. The van der Waals surface area contributed by atoms with Gasteiger partial charge in [-0.1, -0.05) is 38.1 Å². The zero-order valence-corrected chi connectivity index (χ0v) is 13.8. The molecule has 0 saturated heterocycles. The molecule has 4 nitrogen and oxygen atoms in total. The monoisotopic (exact) mass is 313 g/mol. The number of carbonyl (C=O) groups is 1. The van der Waals surface area contributed by atoms with Gasteiger partial charge in [0.25, 0.3) is 0 Å². The zero-order valence-electron chi connectivity index (χ0n) is 13.8. The van der Waals surface area contributed by atoms with Crippen molar-refractivity contribution in [3.63, 3.8) is 0 Å². The molecule has 0 heterocycles.